The van der Waals surface area contributed by atoms with E-state index in [9.17, 15) is 14.7 Å². The normalized spacial score (nSPS) is 27.2. The van der Waals surface area contributed by atoms with Gasteiger partial charge < -0.3 is 10.0 Å². The molecule has 0 spiro atoms. The van der Waals surface area contributed by atoms with Crippen LogP contribution in [0.1, 0.15) is 25.7 Å². The monoisotopic (exact) mass is 289 g/mol. The molecule has 1 aliphatic heterocycles. The molecule has 1 heterocycles. The summed E-state index contributed by atoms with van der Waals surface area (Å²) in [5.41, 5.74) is 0. The van der Waals surface area contributed by atoms with Crippen LogP contribution in [0, 0.1) is 11.8 Å². The maximum absolute atomic E-state index is 11.7. The van der Waals surface area contributed by atoms with Crippen molar-refractivity contribution in [2.75, 3.05) is 11.9 Å². The van der Waals surface area contributed by atoms with E-state index >= 15 is 0 Å². The number of amides is 1. The number of halogens is 1. The molecule has 0 aromatic heterocycles. The molecule has 0 aromatic rings. The summed E-state index contributed by atoms with van der Waals surface area (Å²) in [5.74, 6) is -0.0570. The highest BCUT2D eigenvalue weighted by Gasteiger charge is 2.39. The number of carbonyl (C=O) groups excluding carboxylic acids is 1. The Bertz CT molecular complexity index is 304. The van der Waals surface area contributed by atoms with Gasteiger partial charge in [-0.2, -0.15) is 0 Å². The zero-order chi connectivity index (χ0) is 11.7. The Morgan fingerprint density at radius 1 is 1.50 bits per heavy atom. The number of carboxylic acids is 1. The van der Waals surface area contributed by atoms with E-state index in [0.29, 0.717) is 25.3 Å². The number of alkyl halides is 1. The van der Waals surface area contributed by atoms with Gasteiger partial charge in [-0.15, -0.1) is 0 Å². The number of hydrogen-bond donors (Lipinski definition) is 1. The standard InChI is InChI=1S/C11H16BrNO3/c12-5-8-4-10(14)13(6-8)9(11(15)16)3-7-1-2-7/h7-9H,1-6H2,(H,15,16)/t8?,9-/m0/s1. The first-order valence-corrected chi connectivity index (χ1v) is 6.82. The van der Waals surface area contributed by atoms with Crippen LogP contribution in [0.2, 0.25) is 0 Å². The van der Waals surface area contributed by atoms with Crippen molar-refractivity contribution in [3.05, 3.63) is 0 Å². The Morgan fingerprint density at radius 2 is 2.19 bits per heavy atom. The average molecular weight is 290 g/mol. The Hall–Kier alpha value is -0.580. The summed E-state index contributed by atoms with van der Waals surface area (Å²) >= 11 is 3.35. The van der Waals surface area contributed by atoms with Gasteiger partial charge in [-0.25, -0.2) is 4.79 Å². The molecular formula is C11H16BrNO3. The lowest BCUT2D eigenvalue weighted by Gasteiger charge is -2.24. The van der Waals surface area contributed by atoms with Gasteiger partial charge in [-0.05, 0) is 18.3 Å². The number of nitrogens with zero attached hydrogens (tertiary/aromatic N) is 1. The summed E-state index contributed by atoms with van der Waals surface area (Å²) in [7, 11) is 0. The van der Waals surface area contributed by atoms with Crippen molar-refractivity contribution in [3.63, 3.8) is 0 Å². The second kappa shape index (κ2) is 4.73. The molecular weight excluding hydrogens is 274 g/mol. The largest absolute Gasteiger partial charge is 0.480 e. The molecule has 0 aromatic carbocycles. The first-order valence-electron chi connectivity index (χ1n) is 5.70. The lowest BCUT2D eigenvalue weighted by Crippen LogP contribution is -2.42. The maximum atomic E-state index is 11.7. The average Bonchev–Trinajstić information content (AvgIpc) is 2.98. The molecule has 1 saturated carbocycles. The molecule has 2 rings (SSSR count). The van der Waals surface area contributed by atoms with Crippen molar-refractivity contribution in [2.45, 2.75) is 31.7 Å². The van der Waals surface area contributed by atoms with Gasteiger partial charge in [0, 0.05) is 18.3 Å². The fourth-order valence-electron chi connectivity index (χ4n) is 2.24. The first kappa shape index (κ1) is 11.9. The van der Waals surface area contributed by atoms with Crippen LogP contribution in [0.25, 0.3) is 0 Å². The van der Waals surface area contributed by atoms with E-state index in [0.717, 1.165) is 18.2 Å². The second-order valence-corrected chi connectivity index (χ2v) is 5.45. The van der Waals surface area contributed by atoms with Crippen molar-refractivity contribution >= 4 is 27.8 Å². The fraction of sp³-hybridized carbons (Fsp3) is 0.818. The Morgan fingerprint density at radius 3 is 2.62 bits per heavy atom. The van der Waals surface area contributed by atoms with Gasteiger partial charge in [0.2, 0.25) is 5.91 Å². The van der Waals surface area contributed by atoms with Crippen LogP contribution in [0.4, 0.5) is 0 Å². The van der Waals surface area contributed by atoms with Gasteiger partial charge in [0.25, 0.3) is 0 Å². The molecule has 1 aliphatic carbocycles. The highest BCUT2D eigenvalue weighted by atomic mass is 79.9. The number of carboxylic acid groups (broad SMARTS) is 1. The summed E-state index contributed by atoms with van der Waals surface area (Å²) in [6.07, 6.45) is 3.36. The van der Waals surface area contributed by atoms with E-state index in [1.54, 1.807) is 4.90 Å². The highest BCUT2D eigenvalue weighted by molar-refractivity contribution is 9.09. The van der Waals surface area contributed by atoms with Crippen molar-refractivity contribution in [3.8, 4) is 0 Å². The highest BCUT2D eigenvalue weighted by Crippen LogP contribution is 2.36. The molecule has 1 saturated heterocycles. The third-order valence-electron chi connectivity index (χ3n) is 3.37. The molecule has 5 heteroatoms. The van der Waals surface area contributed by atoms with Gasteiger partial charge in [0.1, 0.15) is 6.04 Å². The predicted octanol–water partition coefficient (Wildman–Crippen LogP) is 1.48. The minimum atomic E-state index is -0.851. The number of aliphatic carboxylic acids is 1. The fourth-order valence-corrected chi connectivity index (χ4v) is 2.68. The molecule has 2 fully saturated rings. The maximum Gasteiger partial charge on any atom is 0.326 e. The minimum Gasteiger partial charge on any atom is -0.480 e. The Balaban J connectivity index is 2.01. The van der Waals surface area contributed by atoms with Gasteiger partial charge >= 0.3 is 5.97 Å². The third-order valence-corrected chi connectivity index (χ3v) is 4.29. The van der Waals surface area contributed by atoms with E-state index < -0.39 is 12.0 Å². The first-order chi connectivity index (χ1) is 7.61. The van der Waals surface area contributed by atoms with E-state index in [-0.39, 0.29) is 11.8 Å². The van der Waals surface area contributed by atoms with Gasteiger partial charge in [-0.3, -0.25) is 4.79 Å². The molecule has 1 N–H and O–H groups in total. The van der Waals surface area contributed by atoms with Gasteiger partial charge in [0.15, 0.2) is 0 Å². The molecule has 2 aliphatic rings. The van der Waals surface area contributed by atoms with Crippen LogP contribution in [0.5, 0.6) is 0 Å². The lowest BCUT2D eigenvalue weighted by molar-refractivity contribution is -0.148. The van der Waals surface area contributed by atoms with Crippen molar-refractivity contribution in [1.29, 1.82) is 0 Å². The number of rotatable bonds is 5. The smallest absolute Gasteiger partial charge is 0.326 e. The molecule has 1 unspecified atom stereocenters. The lowest BCUT2D eigenvalue weighted by atomic mass is 10.1. The molecule has 0 radical (unpaired) electrons. The van der Waals surface area contributed by atoms with Crippen molar-refractivity contribution < 1.29 is 14.7 Å². The van der Waals surface area contributed by atoms with Crippen LogP contribution in [0.15, 0.2) is 0 Å². The predicted molar refractivity (Wildman–Crippen MR) is 62.4 cm³/mol. The van der Waals surface area contributed by atoms with Crippen LogP contribution in [-0.2, 0) is 9.59 Å². The minimum absolute atomic E-state index is 0.00231. The molecule has 4 nitrogen and oxygen atoms in total. The van der Waals surface area contributed by atoms with Crippen LogP contribution < -0.4 is 0 Å². The molecule has 90 valence electrons. The number of hydrogen-bond acceptors (Lipinski definition) is 2. The summed E-state index contributed by atoms with van der Waals surface area (Å²) in [6.45, 7) is 0.591. The van der Waals surface area contributed by atoms with Crippen LogP contribution in [-0.4, -0.2) is 39.8 Å². The van der Waals surface area contributed by atoms with Gasteiger partial charge in [0.05, 0.1) is 0 Å². The zero-order valence-corrected chi connectivity index (χ0v) is 10.6. The SMILES string of the molecule is O=C(O)[C@H](CC1CC1)N1CC(CBr)CC1=O. The summed E-state index contributed by atoms with van der Waals surface area (Å²) < 4.78 is 0. The van der Waals surface area contributed by atoms with Crippen molar-refractivity contribution in [1.82, 2.24) is 4.90 Å². The van der Waals surface area contributed by atoms with E-state index in [4.69, 9.17) is 0 Å². The summed E-state index contributed by atoms with van der Waals surface area (Å²) in [5, 5.41) is 9.95. The molecule has 0 bridgehead atoms. The number of likely N-dealkylation sites (tertiary alicyclic amines) is 1. The quantitative estimate of drug-likeness (QED) is 0.780. The topological polar surface area (TPSA) is 57.6 Å². The Labute approximate surface area is 103 Å². The van der Waals surface area contributed by atoms with Crippen LogP contribution >= 0.6 is 15.9 Å². The van der Waals surface area contributed by atoms with Crippen molar-refractivity contribution in [2.24, 2.45) is 11.8 Å². The summed E-state index contributed by atoms with van der Waals surface area (Å²) in [6, 6.07) is -0.593. The van der Waals surface area contributed by atoms with E-state index in [1.165, 1.54) is 0 Å². The zero-order valence-electron chi connectivity index (χ0n) is 9.06. The Kier molecular flexibility index (Phi) is 3.52. The third kappa shape index (κ3) is 2.56. The molecule has 1 amide bonds. The number of carbonyl (C=O) groups is 2. The molecule has 16 heavy (non-hydrogen) atoms. The second-order valence-electron chi connectivity index (χ2n) is 4.80. The summed E-state index contributed by atoms with van der Waals surface area (Å²) in [4.78, 5) is 24.5. The van der Waals surface area contributed by atoms with Gasteiger partial charge in [-0.1, -0.05) is 28.8 Å². The van der Waals surface area contributed by atoms with E-state index in [2.05, 4.69) is 15.9 Å². The van der Waals surface area contributed by atoms with E-state index in [1.807, 2.05) is 0 Å². The molecule has 2 atom stereocenters. The van der Waals surface area contributed by atoms with Crippen LogP contribution in [0.3, 0.4) is 0 Å².